The van der Waals surface area contributed by atoms with E-state index in [1.165, 1.54) is 0 Å². The predicted octanol–water partition coefficient (Wildman–Crippen LogP) is 7.25. The van der Waals surface area contributed by atoms with Gasteiger partial charge in [0.2, 0.25) is 0 Å². The van der Waals surface area contributed by atoms with Gasteiger partial charge >= 0.3 is 24.4 Å². The van der Waals surface area contributed by atoms with Gasteiger partial charge in [-0.25, -0.2) is 19.2 Å². The largest absolute Gasteiger partial charge is 0.445 e. The summed E-state index contributed by atoms with van der Waals surface area (Å²) < 4.78 is 21.8. The topological polar surface area (TPSA) is 166 Å². The Hall–Kier alpha value is -6.20. The number of amides is 4. The summed E-state index contributed by atoms with van der Waals surface area (Å²) in [5, 5.41) is 11.7. The number of benzene rings is 4. The van der Waals surface area contributed by atoms with Crippen molar-refractivity contribution in [2.45, 2.75) is 65.0 Å². The zero-order valence-corrected chi connectivity index (χ0v) is 41.0. The van der Waals surface area contributed by atoms with Crippen LogP contribution in [0.1, 0.15) is 60.8 Å². The van der Waals surface area contributed by atoms with Crippen molar-refractivity contribution in [3.05, 3.63) is 144 Å². The number of nitrogens with zero attached hydrogens (tertiary/aromatic N) is 4. The first-order chi connectivity index (χ1) is 34.4. The van der Waals surface area contributed by atoms with Crippen molar-refractivity contribution in [1.82, 2.24) is 40.9 Å². The Balaban J connectivity index is 1.15. The first kappa shape index (κ1) is 54.7. The van der Waals surface area contributed by atoms with E-state index in [1.807, 2.05) is 121 Å². The molecule has 1 aliphatic heterocycles. The molecule has 4 aromatic carbocycles. The van der Waals surface area contributed by atoms with Crippen LogP contribution in [0.3, 0.4) is 0 Å². The predicted molar refractivity (Wildman–Crippen MR) is 272 cm³/mol. The Morgan fingerprint density at radius 3 is 0.757 bits per heavy atom. The van der Waals surface area contributed by atoms with Crippen LogP contribution in [0.15, 0.2) is 121 Å². The van der Waals surface area contributed by atoms with Gasteiger partial charge in [-0.3, -0.25) is 0 Å². The Kier molecular flexibility index (Phi) is 26.7. The highest BCUT2D eigenvalue weighted by Crippen LogP contribution is 2.08. The zero-order chi connectivity index (χ0) is 49.1. The lowest BCUT2D eigenvalue weighted by Crippen LogP contribution is -2.43. The summed E-state index contributed by atoms with van der Waals surface area (Å²) in [4.78, 5) is 60.0. The van der Waals surface area contributed by atoms with Crippen LogP contribution in [-0.4, -0.2) is 149 Å². The van der Waals surface area contributed by atoms with Crippen molar-refractivity contribution in [3.8, 4) is 0 Å². The molecule has 380 valence electrons. The van der Waals surface area contributed by atoms with Gasteiger partial charge in [-0.05, 0) is 113 Å². The average molecular weight is 965 g/mol. The molecule has 1 heterocycles. The normalized spacial score (nSPS) is 14.6. The minimum Gasteiger partial charge on any atom is -0.445 e. The van der Waals surface area contributed by atoms with Gasteiger partial charge in [0.05, 0.1) is 0 Å². The van der Waals surface area contributed by atoms with Crippen molar-refractivity contribution in [3.63, 3.8) is 0 Å². The van der Waals surface area contributed by atoms with Gasteiger partial charge in [-0.15, -0.1) is 0 Å². The molecule has 0 spiro atoms. The van der Waals surface area contributed by atoms with Crippen LogP contribution in [0.25, 0.3) is 0 Å². The maximum Gasteiger partial charge on any atom is 0.407 e. The SMILES string of the molecule is O=C(NCCCN1CCCN(CCCNC(=O)OCc2ccccc2)CCN(CCCNC(=O)OCc2ccccc2)CCCN(CCCNC(=O)OCc2ccccc2)CC1)OCc1ccccc1. The van der Waals surface area contributed by atoms with E-state index in [0.717, 1.165) is 139 Å². The second-order valence-corrected chi connectivity index (χ2v) is 17.4. The smallest absolute Gasteiger partial charge is 0.407 e. The Labute approximate surface area is 415 Å². The van der Waals surface area contributed by atoms with E-state index in [-0.39, 0.29) is 26.4 Å². The summed E-state index contributed by atoms with van der Waals surface area (Å²) in [7, 11) is 0. The monoisotopic (exact) mass is 965 g/mol. The van der Waals surface area contributed by atoms with Gasteiger partial charge in [0, 0.05) is 52.4 Å². The summed E-state index contributed by atoms with van der Waals surface area (Å²) in [5.41, 5.74) is 3.77. The standard InChI is InChI=1S/C54H76N8O8/c63-51(67-43-47-19-5-1-6-20-47)55-27-13-31-59-35-17-36-61(33-15-29-57-53(65)69-45-49-23-9-3-10-24-49)41-42-62(34-16-30-58-54(66)70-46-50-25-11-4-12-26-50)38-18-37-60(40-39-59)32-14-28-56-52(64)68-44-48-21-7-2-8-22-48/h1-12,19-26H,13-18,27-46H2,(H,55,63)(H,56,64)(H,57,65)(H,58,66). The van der Waals surface area contributed by atoms with E-state index >= 15 is 0 Å². The molecule has 0 aromatic heterocycles. The average Bonchev–Trinajstić information content (AvgIpc) is 3.39. The second-order valence-electron chi connectivity index (χ2n) is 17.4. The van der Waals surface area contributed by atoms with Gasteiger partial charge in [0.25, 0.3) is 0 Å². The number of nitrogens with one attached hydrogen (secondary N) is 4. The third-order valence-electron chi connectivity index (χ3n) is 11.9. The molecular weight excluding hydrogens is 889 g/mol. The van der Waals surface area contributed by atoms with Crippen LogP contribution in [-0.2, 0) is 45.4 Å². The number of carbonyl (C=O) groups is 4. The molecule has 0 saturated carbocycles. The number of ether oxygens (including phenoxy) is 4. The lowest BCUT2D eigenvalue weighted by Gasteiger charge is -2.32. The molecule has 70 heavy (non-hydrogen) atoms. The molecule has 0 radical (unpaired) electrons. The fourth-order valence-corrected chi connectivity index (χ4v) is 8.01. The van der Waals surface area contributed by atoms with E-state index in [0.29, 0.717) is 26.2 Å². The first-order valence-corrected chi connectivity index (χ1v) is 25.1. The third-order valence-corrected chi connectivity index (χ3v) is 11.9. The molecular formula is C54H76N8O8. The Morgan fingerprint density at radius 1 is 0.329 bits per heavy atom. The summed E-state index contributed by atoms with van der Waals surface area (Å²) in [5.74, 6) is 0. The molecule has 4 N–H and O–H groups in total. The fraction of sp³-hybridized carbons (Fsp3) is 0.481. The molecule has 0 aliphatic carbocycles. The summed E-state index contributed by atoms with van der Waals surface area (Å²) in [6, 6.07) is 38.6. The van der Waals surface area contributed by atoms with Crippen molar-refractivity contribution in [2.24, 2.45) is 0 Å². The van der Waals surface area contributed by atoms with Crippen LogP contribution < -0.4 is 21.3 Å². The molecule has 1 saturated heterocycles. The van der Waals surface area contributed by atoms with Gasteiger partial charge in [0.1, 0.15) is 26.4 Å². The minimum absolute atomic E-state index is 0.227. The summed E-state index contributed by atoms with van der Waals surface area (Å²) >= 11 is 0. The number of hydrogen-bond donors (Lipinski definition) is 4. The molecule has 1 fully saturated rings. The number of carbonyl (C=O) groups excluding carboxylic acids is 4. The molecule has 0 bridgehead atoms. The first-order valence-electron chi connectivity index (χ1n) is 25.1. The van der Waals surface area contributed by atoms with Gasteiger partial charge in [-0.1, -0.05) is 121 Å². The highest BCUT2D eigenvalue weighted by molar-refractivity contribution is 5.68. The van der Waals surface area contributed by atoms with Gasteiger partial charge in [0.15, 0.2) is 0 Å². The van der Waals surface area contributed by atoms with Crippen molar-refractivity contribution in [1.29, 1.82) is 0 Å². The van der Waals surface area contributed by atoms with Crippen LogP contribution >= 0.6 is 0 Å². The van der Waals surface area contributed by atoms with E-state index in [4.69, 9.17) is 18.9 Å². The van der Waals surface area contributed by atoms with Crippen molar-refractivity contribution in [2.75, 3.05) is 105 Å². The van der Waals surface area contributed by atoms with E-state index in [1.54, 1.807) is 0 Å². The molecule has 5 rings (SSSR count). The van der Waals surface area contributed by atoms with Gasteiger partial charge < -0.3 is 59.8 Å². The second kappa shape index (κ2) is 34.2. The molecule has 4 aromatic rings. The maximum absolute atomic E-state index is 12.5. The maximum atomic E-state index is 12.5. The summed E-state index contributed by atoms with van der Waals surface area (Å²) in [6.45, 7) is 13.2. The minimum atomic E-state index is -0.421. The quantitative estimate of drug-likeness (QED) is 0.0411. The lowest BCUT2D eigenvalue weighted by atomic mass is 10.2. The van der Waals surface area contributed by atoms with Crippen LogP contribution in [0.4, 0.5) is 19.2 Å². The number of hydrogen-bond acceptors (Lipinski definition) is 12. The Morgan fingerprint density at radius 2 is 0.543 bits per heavy atom. The molecule has 1 aliphatic rings. The van der Waals surface area contributed by atoms with Crippen molar-refractivity contribution < 1.29 is 38.1 Å². The van der Waals surface area contributed by atoms with Crippen LogP contribution in [0.5, 0.6) is 0 Å². The molecule has 4 amide bonds. The molecule has 16 nitrogen and oxygen atoms in total. The highest BCUT2D eigenvalue weighted by atomic mass is 16.6. The molecule has 16 heteroatoms. The van der Waals surface area contributed by atoms with E-state index < -0.39 is 24.4 Å². The highest BCUT2D eigenvalue weighted by Gasteiger charge is 2.16. The zero-order valence-electron chi connectivity index (χ0n) is 41.0. The van der Waals surface area contributed by atoms with Crippen LogP contribution in [0, 0.1) is 0 Å². The van der Waals surface area contributed by atoms with E-state index in [2.05, 4.69) is 40.9 Å². The number of alkyl carbamates (subject to hydrolysis) is 4. The third kappa shape index (κ3) is 24.9. The van der Waals surface area contributed by atoms with Crippen LogP contribution in [0.2, 0.25) is 0 Å². The van der Waals surface area contributed by atoms with Crippen molar-refractivity contribution >= 4 is 24.4 Å². The molecule has 0 atom stereocenters. The lowest BCUT2D eigenvalue weighted by molar-refractivity contribution is 0.134. The summed E-state index contributed by atoms with van der Waals surface area (Å²) in [6.07, 6.45) is 3.32. The molecule has 0 unspecified atom stereocenters. The van der Waals surface area contributed by atoms with E-state index in [9.17, 15) is 19.2 Å². The number of rotatable bonds is 24. The van der Waals surface area contributed by atoms with Gasteiger partial charge in [-0.2, -0.15) is 0 Å². The Bertz CT molecular complexity index is 1730. The fourth-order valence-electron chi connectivity index (χ4n) is 8.01.